The van der Waals surface area contributed by atoms with Crippen LogP contribution in [0.2, 0.25) is 0 Å². The van der Waals surface area contributed by atoms with Crippen LogP contribution in [0, 0.1) is 11.8 Å². The van der Waals surface area contributed by atoms with E-state index in [-0.39, 0.29) is 18.2 Å². The second kappa shape index (κ2) is 5.35. The van der Waals surface area contributed by atoms with Crippen LogP contribution in [-0.2, 0) is 0 Å². The maximum Gasteiger partial charge on any atom is 0.251 e. The van der Waals surface area contributed by atoms with Crippen LogP contribution < -0.4 is 14.8 Å². The zero-order chi connectivity index (χ0) is 14.9. The van der Waals surface area contributed by atoms with E-state index in [0.717, 1.165) is 0 Å². The lowest BCUT2D eigenvalue weighted by Crippen LogP contribution is -2.53. The van der Waals surface area contributed by atoms with Crippen molar-refractivity contribution in [2.75, 3.05) is 6.79 Å². The SMILES string of the molecule is CC(C)C(C)(NC(=O)c1ccc2c(c1)OCO2)C(C)C. The predicted molar refractivity (Wildman–Crippen MR) is 78.1 cm³/mol. The number of carbonyl (C=O) groups is 1. The highest BCUT2D eigenvalue weighted by atomic mass is 16.7. The molecule has 0 atom stereocenters. The van der Waals surface area contributed by atoms with Gasteiger partial charge in [0.2, 0.25) is 6.79 Å². The van der Waals surface area contributed by atoms with Crippen LogP contribution in [0.4, 0.5) is 0 Å². The lowest BCUT2D eigenvalue weighted by Gasteiger charge is -2.38. The molecule has 1 aromatic rings. The van der Waals surface area contributed by atoms with Gasteiger partial charge in [-0.3, -0.25) is 4.79 Å². The van der Waals surface area contributed by atoms with Crippen molar-refractivity contribution in [1.29, 1.82) is 0 Å². The first-order valence-corrected chi connectivity index (χ1v) is 7.06. The average molecular weight is 277 g/mol. The van der Waals surface area contributed by atoms with E-state index in [0.29, 0.717) is 28.9 Å². The summed E-state index contributed by atoms with van der Waals surface area (Å²) in [4.78, 5) is 12.5. The van der Waals surface area contributed by atoms with E-state index in [1.54, 1.807) is 18.2 Å². The predicted octanol–water partition coefficient (Wildman–Crippen LogP) is 3.22. The van der Waals surface area contributed by atoms with Crippen LogP contribution in [-0.4, -0.2) is 18.2 Å². The molecule has 0 spiro atoms. The Bertz CT molecular complexity index is 500. The van der Waals surface area contributed by atoms with Crippen molar-refractivity contribution in [2.24, 2.45) is 11.8 Å². The Morgan fingerprint density at radius 1 is 1.15 bits per heavy atom. The van der Waals surface area contributed by atoms with E-state index in [1.807, 2.05) is 0 Å². The maximum absolute atomic E-state index is 12.5. The minimum absolute atomic E-state index is 0.0757. The van der Waals surface area contributed by atoms with Gasteiger partial charge in [0.15, 0.2) is 11.5 Å². The van der Waals surface area contributed by atoms with Crippen LogP contribution >= 0.6 is 0 Å². The fourth-order valence-corrected chi connectivity index (χ4v) is 2.31. The van der Waals surface area contributed by atoms with Crippen molar-refractivity contribution < 1.29 is 14.3 Å². The number of nitrogens with one attached hydrogen (secondary N) is 1. The molecule has 0 fully saturated rings. The van der Waals surface area contributed by atoms with Gasteiger partial charge in [-0.2, -0.15) is 0 Å². The zero-order valence-electron chi connectivity index (χ0n) is 12.8. The molecule has 0 radical (unpaired) electrons. The lowest BCUT2D eigenvalue weighted by molar-refractivity contribution is 0.0829. The normalized spacial score (nSPS) is 13.9. The van der Waals surface area contributed by atoms with Crippen LogP contribution in [0.25, 0.3) is 0 Å². The van der Waals surface area contributed by atoms with Gasteiger partial charge in [0.05, 0.1) is 0 Å². The molecule has 0 aromatic heterocycles. The molecular formula is C16H23NO3. The second-order valence-corrected chi connectivity index (χ2v) is 6.11. The van der Waals surface area contributed by atoms with E-state index >= 15 is 0 Å². The average Bonchev–Trinajstić information content (AvgIpc) is 2.84. The Morgan fingerprint density at radius 2 is 1.75 bits per heavy atom. The highest BCUT2D eigenvalue weighted by Gasteiger charge is 2.34. The Morgan fingerprint density at radius 3 is 2.35 bits per heavy atom. The summed E-state index contributed by atoms with van der Waals surface area (Å²) in [5.41, 5.74) is 0.356. The lowest BCUT2D eigenvalue weighted by atomic mass is 9.78. The van der Waals surface area contributed by atoms with Gasteiger partial charge in [-0.05, 0) is 37.0 Å². The second-order valence-electron chi connectivity index (χ2n) is 6.11. The molecule has 1 amide bonds. The van der Waals surface area contributed by atoms with Gasteiger partial charge in [-0.15, -0.1) is 0 Å². The minimum atomic E-state index is -0.243. The number of carbonyl (C=O) groups excluding carboxylic acids is 1. The highest BCUT2D eigenvalue weighted by Crippen LogP contribution is 2.33. The summed E-state index contributed by atoms with van der Waals surface area (Å²) in [7, 11) is 0. The van der Waals surface area contributed by atoms with Crippen molar-refractivity contribution in [1.82, 2.24) is 5.32 Å². The summed E-state index contributed by atoms with van der Waals surface area (Å²) < 4.78 is 10.6. The molecular weight excluding hydrogens is 254 g/mol. The van der Waals surface area contributed by atoms with Crippen LogP contribution in [0.1, 0.15) is 45.0 Å². The van der Waals surface area contributed by atoms with Crippen LogP contribution in [0.3, 0.4) is 0 Å². The van der Waals surface area contributed by atoms with Crippen molar-refractivity contribution in [3.05, 3.63) is 23.8 Å². The largest absolute Gasteiger partial charge is 0.454 e. The van der Waals surface area contributed by atoms with Crippen molar-refractivity contribution in [2.45, 2.75) is 40.2 Å². The third-order valence-electron chi connectivity index (χ3n) is 4.42. The molecule has 2 rings (SSSR count). The fraction of sp³-hybridized carbons (Fsp3) is 0.562. The highest BCUT2D eigenvalue weighted by molar-refractivity contribution is 5.95. The summed E-state index contributed by atoms with van der Waals surface area (Å²) in [6.07, 6.45) is 0. The van der Waals surface area contributed by atoms with Gasteiger partial charge in [-0.1, -0.05) is 27.7 Å². The first kappa shape index (κ1) is 14.7. The molecule has 1 heterocycles. The number of rotatable bonds is 4. The first-order valence-electron chi connectivity index (χ1n) is 7.06. The third-order valence-corrected chi connectivity index (χ3v) is 4.42. The first-order chi connectivity index (χ1) is 9.34. The molecule has 0 bridgehead atoms. The van der Waals surface area contributed by atoms with Crippen molar-refractivity contribution >= 4 is 5.91 Å². The Kier molecular flexibility index (Phi) is 3.93. The molecule has 1 aliphatic rings. The van der Waals surface area contributed by atoms with E-state index in [4.69, 9.17) is 9.47 Å². The molecule has 4 heteroatoms. The molecule has 1 aromatic carbocycles. The molecule has 0 unspecified atom stereocenters. The molecule has 0 saturated heterocycles. The summed E-state index contributed by atoms with van der Waals surface area (Å²) >= 11 is 0. The number of benzene rings is 1. The molecule has 1 N–H and O–H groups in total. The van der Waals surface area contributed by atoms with Crippen LogP contribution in [0.5, 0.6) is 11.5 Å². The van der Waals surface area contributed by atoms with E-state index in [1.165, 1.54) is 0 Å². The molecule has 0 saturated carbocycles. The van der Waals surface area contributed by atoms with E-state index in [2.05, 4.69) is 39.9 Å². The zero-order valence-corrected chi connectivity index (χ0v) is 12.8. The quantitative estimate of drug-likeness (QED) is 0.919. The van der Waals surface area contributed by atoms with Gasteiger partial charge in [0.1, 0.15) is 0 Å². The molecule has 1 aliphatic heterocycles. The Balaban J connectivity index is 2.19. The van der Waals surface area contributed by atoms with Crippen molar-refractivity contribution in [3.8, 4) is 11.5 Å². The fourth-order valence-electron chi connectivity index (χ4n) is 2.31. The Labute approximate surface area is 120 Å². The Hall–Kier alpha value is -1.71. The summed E-state index contributed by atoms with van der Waals surface area (Å²) in [5, 5.41) is 3.16. The van der Waals surface area contributed by atoms with Crippen molar-refractivity contribution in [3.63, 3.8) is 0 Å². The maximum atomic E-state index is 12.5. The van der Waals surface area contributed by atoms with Crippen LogP contribution in [0.15, 0.2) is 18.2 Å². The smallest absolute Gasteiger partial charge is 0.251 e. The van der Waals surface area contributed by atoms with Gasteiger partial charge in [-0.25, -0.2) is 0 Å². The summed E-state index contributed by atoms with van der Waals surface area (Å²) in [5.74, 6) is 1.94. The summed E-state index contributed by atoms with van der Waals surface area (Å²) in [6, 6.07) is 5.28. The molecule has 4 nitrogen and oxygen atoms in total. The number of hydrogen-bond acceptors (Lipinski definition) is 3. The van der Waals surface area contributed by atoms with Gasteiger partial charge < -0.3 is 14.8 Å². The number of ether oxygens (including phenoxy) is 2. The third kappa shape index (κ3) is 2.60. The van der Waals surface area contributed by atoms with E-state index < -0.39 is 0 Å². The number of fused-ring (bicyclic) bond motifs is 1. The number of amides is 1. The topological polar surface area (TPSA) is 47.6 Å². The monoisotopic (exact) mass is 277 g/mol. The van der Waals surface area contributed by atoms with E-state index in [9.17, 15) is 4.79 Å². The number of hydrogen-bond donors (Lipinski definition) is 1. The van der Waals surface area contributed by atoms with Gasteiger partial charge >= 0.3 is 0 Å². The minimum Gasteiger partial charge on any atom is -0.454 e. The van der Waals surface area contributed by atoms with Gasteiger partial charge in [0.25, 0.3) is 5.91 Å². The molecule has 20 heavy (non-hydrogen) atoms. The standard InChI is InChI=1S/C16H23NO3/c1-10(2)16(5,11(3)4)17-15(18)12-6-7-13-14(8-12)20-9-19-13/h6-8,10-11H,9H2,1-5H3,(H,17,18). The molecule has 110 valence electrons. The summed E-state index contributed by atoms with van der Waals surface area (Å²) in [6.45, 7) is 10.8. The van der Waals surface area contributed by atoms with Gasteiger partial charge in [0, 0.05) is 11.1 Å². The molecule has 0 aliphatic carbocycles.